The van der Waals surface area contributed by atoms with Crippen molar-refractivity contribution >= 4 is 57.5 Å². The largest absolute Gasteiger partial charge is 0.418 e. The fourth-order valence-corrected chi connectivity index (χ4v) is 6.25. The number of para-hydroxylation sites is 2. The van der Waals surface area contributed by atoms with Gasteiger partial charge in [-0.25, -0.2) is 9.80 Å². The molecular formula is C40H24F6N4O4. The fourth-order valence-electron chi connectivity index (χ4n) is 6.25. The normalized spacial score (nSPS) is 16.1. The number of carbonyl (C=O) groups excluding carboxylic acids is 4. The van der Waals surface area contributed by atoms with Crippen LogP contribution < -0.4 is 20.4 Å². The lowest BCUT2D eigenvalue weighted by Gasteiger charge is -2.30. The van der Waals surface area contributed by atoms with E-state index in [1.807, 2.05) is 0 Å². The molecule has 8 nitrogen and oxygen atoms in total. The third-order valence-electron chi connectivity index (χ3n) is 8.70. The van der Waals surface area contributed by atoms with Gasteiger partial charge in [-0.05, 0) is 54.6 Å². The zero-order valence-electron chi connectivity index (χ0n) is 27.5. The lowest BCUT2D eigenvalue weighted by molar-refractivity contribution is -0.138. The summed E-state index contributed by atoms with van der Waals surface area (Å²) in [4.78, 5) is 55.4. The molecule has 0 saturated carbocycles. The second kappa shape index (κ2) is 13.5. The van der Waals surface area contributed by atoms with Crippen LogP contribution in [0, 0.1) is 0 Å². The van der Waals surface area contributed by atoms with E-state index in [0.29, 0.717) is 21.2 Å². The molecule has 2 N–H and O–H groups in total. The highest BCUT2D eigenvalue weighted by Gasteiger charge is 2.43. The molecule has 0 atom stereocenters. The molecule has 4 amide bonds. The van der Waals surface area contributed by atoms with Gasteiger partial charge in [-0.2, -0.15) is 26.3 Å². The van der Waals surface area contributed by atoms with E-state index in [1.54, 1.807) is 36.4 Å². The van der Waals surface area contributed by atoms with Gasteiger partial charge in [0, 0.05) is 46.0 Å². The first-order valence-corrected chi connectivity index (χ1v) is 16.1. The molecule has 0 saturated heterocycles. The maximum Gasteiger partial charge on any atom is 0.418 e. The molecule has 270 valence electrons. The molecule has 0 aliphatic carbocycles. The second-order valence-electron chi connectivity index (χ2n) is 12.0. The van der Waals surface area contributed by atoms with E-state index in [-0.39, 0.29) is 33.4 Å². The molecule has 2 aliphatic heterocycles. The van der Waals surface area contributed by atoms with Gasteiger partial charge in [0.15, 0.2) is 0 Å². The van der Waals surface area contributed by atoms with E-state index < -0.39 is 58.5 Å². The molecule has 2 heterocycles. The highest BCUT2D eigenvalue weighted by atomic mass is 19.4. The van der Waals surface area contributed by atoms with E-state index in [2.05, 4.69) is 10.6 Å². The van der Waals surface area contributed by atoms with E-state index in [4.69, 9.17) is 0 Å². The van der Waals surface area contributed by atoms with Crippen LogP contribution in [0.5, 0.6) is 0 Å². The number of anilines is 4. The molecule has 0 spiro atoms. The first-order chi connectivity index (χ1) is 25.8. The van der Waals surface area contributed by atoms with Crippen molar-refractivity contribution in [2.45, 2.75) is 12.4 Å². The summed E-state index contributed by atoms with van der Waals surface area (Å²) in [6, 6.07) is 26.9. The molecule has 2 aliphatic rings. The van der Waals surface area contributed by atoms with Crippen molar-refractivity contribution in [1.82, 2.24) is 0 Å². The Morgan fingerprint density at radius 1 is 0.426 bits per heavy atom. The zero-order chi connectivity index (χ0) is 38.4. The van der Waals surface area contributed by atoms with Crippen LogP contribution >= 0.6 is 0 Å². The molecule has 0 radical (unpaired) electrons. The third-order valence-corrected chi connectivity index (χ3v) is 8.70. The fraction of sp³-hybridized carbons (Fsp3) is 0.0500. The lowest BCUT2D eigenvalue weighted by Crippen LogP contribution is -2.43. The SMILES string of the molecule is O=C1C(=CNc2cccc(NC=C3C(=O)N(c4ccccc4C(F)(F)F)C(=O)c4ccccc43)c2)c2ccccc2C(=O)N1c1ccccc1C(F)(F)F. The van der Waals surface area contributed by atoms with E-state index in [0.717, 1.165) is 36.4 Å². The number of benzene rings is 5. The van der Waals surface area contributed by atoms with Crippen LogP contribution in [-0.2, 0) is 21.9 Å². The van der Waals surface area contributed by atoms with Crippen LogP contribution in [0.4, 0.5) is 49.1 Å². The van der Waals surface area contributed by atoms with Gasteiger partial charge in [0.2, 0.25) is 0 Å². The predicted molar refractivity (Wildman–Crippen MR) is 189 cm³/mol. The van der Waals surface area contributed by atoms with Crippen molar-refractivity contribution < 1.29 is 45.5 Å². The van der Waals surface area contributed by atoms with Crippen LogP contribution in [0.1, 0.15) is 43.0 Å². The highest BCUT2D eigenvalue weighted by molar-refractivity contribution is 6.42. The standard InChI is InChI=1S/C40H24F6N4O4/c41-39(42,43)31-16-5-7-18-33(31)49-35(51)27-14-3-1-12-25(27)29(37(49)53)21-47-23-10-9-11-24(20-23)48-22-30-26-13-2-4-15-28(26)36(52)50(38(30)54)34-19-8-6-17-32(34)40(44,45)46/h1-22,47-48H. The van der Waals surface area contributed by atoms with Crippen molar-refractivity contribution in [1.29, 1.82) is 0 Å². The Morgan fingerprint density at radius 3 is 1.17 bits per heavy atom. The zero-order valence-corrected chi connectivity index (χ0v) is 27.5. The van der Waals surface area contributed by atoms with Gasteiger partial charge in [-0.15, -0.1) is 0 Å². The second-order valence-corrected chi connectivity index (χ2v) is 12.0. The number of hydrogen-bond acceptors (Lipinski definition) is 6. The summed E-state index contributed by atoms with van der Waals surface area (Å²) in [6.45, 7) is 0. The van der Waals surface area contributed by atoms with Gasteiger partial charge in [0.05, 0.1) is 33.6 Å². The first-order valence-electron chi connectivity index (χ1n) is 16.1. The van der Waals surface area contributed by atoms with E-state index in [1.165, 1.54) is 60.9 Å². The van der Waals surface area contributed by atoms with Crippen LogP contribution in [0.15, 0.2) is 134 Å². The summed E-state index contributed by atoms with van der Waals surface area (Å²) in [5.41, 5.74) is -2.65. The number of nitrogens with zero attached hydrogens (tertiary/aromatic N) is 2. The first kappa shape index (κ1) is 35.4. The summed E-state index contributed by atoms with van der Waals surface area (Å²) < 4.78 is 83.7. The maximum absolute atomic E-state index is 13.9. The topological polar surface area (TPSA) is 98.8 Å². The van der Waals surface area contributed by atoms with Crippen LogP contribution in [0.2, 0.25) is 0 Å². The van der Waals surface area contributed by atoms with Gasteiger partial charge in [0.1, 0.15) is 0 Å². The quantitative estimate of drug-likeness (QED) is 0.103. The lowest BCUT2D eigenvalue weighted by atomic mass is 9.93. The Labute approximate surface area is 302 Å². The summed E-state index contributed by atoms with van der Waals surface area (Å²) in [5.74, 6) is -3.85. The van der Waals surface area contributed by atoms with Crippen molar-refractivity contribution in [3.8, 4) is 0 Å². The Kier molecular flexibility index (Phi) is 8.89. The smallest absolute Gasteiger partial charge is 0.361 e. The van der Waals surface area contributed by atoms with Crippen LogP contribution in [0.25, 0.3) is 11.1 Å². The summed E-state index contributed by atoms with van der Waals surface area (Å²) in [6.07, 6.45) is -7.19. The number of halogens is 6. The van der Waals surface area contributed by atoms with Crippen LogP contribution in [0.3, 0.4) is 0 Å². The van der Waals surface area contributed by atoms with E-state index in [9.17, 15) is 45.5 Å². The number of hydrogen-bond donors (Lipinski definition) is 2. The Morgan fingerprint density at radius 2 is 0.778 bits per heavy atom. The van der Waals surface area contributed by atoms with E-state index >= 15 is 0 Å². The van der Waals surface area contributed by atoms with Crippen molar-refractivity contribution in [2.24, 2.45) is 0 Å². The van der Waals surface area contributed by atoms with Gasteiger partial charge < -0.3 is 10.6 Å². The highest BCUT2D eigenvalue weighted by Crippen LogP contribution is 2.42. The summed E-state index contributed by atoms with van der Waals surface area (Å²) >= 11 is 0. The van der Waals surface area contributed by atoms with Gasteiger partial charge in [-0.1, -0.05) is 66.7 Å². The Bertz CT molecular complexity index is 2270. The van der Waals surface area contributed by atoms with Gasteiger partial charge in [-0.3, -0.25) is 19.2 Å². The third kappa shape index (κ3) is 6.38. The predicted octanol–water partition coefficient (Wildman–Crippen LogP) is 9.00. The Balaban J connectivity index is 1.21. The average molecular weight is 739 g/mol. The minimum atomic E-state index is -4.86. The average Bonchev–Trinajstić information content (AvgIpc) is 3.14. The molecule has 0 bridgehead atoms. The number of carbonyl (C=O) groups is 4. The number of rotatable bonds is 6. The Hall–Kier alpha value is -6.96. The van der Waals surface area contributed by atoms with Gasteiger partial charge >= 0.3 is 12.4 Å². The van der Waals surface area contributed by atoms with Crippen LogP contribution in [-0.4, -0.2) is 23.6 Å². The molecule has 0 unspecified atom stereocenters. The molecule has 0 aromatic heterocycles. The van der Waals surface area contributed by atoms with Gasteiger partial charge in [0.25, 0.3) is 23.6 Å². The van der Waals surface area contributed by atoms with Crippen molar-refractivity contribution in [3.05, 3.63) is 167 Å². The number of fused-ring (bicyclic) bond motifs is 2. The molecule has 0 fully saturated rings. The van der Waals surface area contributed by atoms with Crippen molar-refractivity contribution in [3.63, 3.8) is 0 Å². The molecule has 5 aromatic carbocycles. The number of amides is 4. The number of alkyl halides is 6. The molecule has 5 aromatic rings. The molecule has 7 rings (SSSR count). The summed E-state index contributed by atoms with van der Waals surface area (Å²) in [7, 11) is 0. The summed E-state index contributed by atoms with van der Waals surface area (Å²) in [5, 5.41) is 5.89. The monoisotopic (exact) mass is 738 g/mol. The minimum Gasteiger partial charge on any atom is -0.361 e. The molecule has 54 heavy (non-hydrogen) atoms. The maximum atomic E-state index is 13.9. The van der Waals surface area contributed by atoms with Crippen molar-refractivity contribution in [2.75, 3.05) is 20.4 Å². The molecule has 14 heteroatoms. The molecular weight excluding hydrogens is 714 g/mol. The minimum absolute atomic E-state index is 0.00647. The number of imide groups is 2. The number of nitrogens with one attached hydrogen (secondary N) is 2.